The van der Waals surface area contributed by atoms with Crippen molar-refractivity contribution in [2.24, 2.45) is 0 Å². The molecule has 0 spiro atoms. The first-order chi connectivity index (χ1) is 5.41. The van der Waals surface area contributed by atoms with Gasteiger partial charge in [-0.2, -0.15) is 0 Å². The smallest absolute Gasteiger partial charge is 0.177 e. The van der Waals surface area contributed by atoms with Crippen LogP contribution in [-0.2, 0) is 9.84 Å². The molecule has 3 nitrogen and oxygen atoms in total. The van der Waals surface area contributed by atoms with Gasteiger partial charge in [0.2, 0.25) is 0 Å². The number of pyridine rings is 1. The van der Waals surface area contributed by atoms with E-state index in [1.165, 1.54) is 0 Å². The van der Waals surface area contributed by atoms with Crippen molar-refractivity contribution in [3.8, 4) is 0 Å². The molecule has 0 radical (unpaired) electrons. The van der Waals surface area contributed by atoms with Crippen LogP contribution >= 0.6 is 15.9 Å². The molecular formula is C6H5BrFNO2S. The van der Waals surface area contributed by atoms with Gasteiger partial charge in [0, 0.05) is 12.5 Å². The maximum atomic E-state index is 12.7. The molecule has 0 saturated heterocycles. The van der Waals surface area contributed by atoms with E-state index >= 15 is 0 Å². The van der Waals surface area contributed by atoms with Crippen LogP contribution in [0.3, 0.4) is 0 Å². The first-order valence-corrected chi connectivity index (χ1v) is 5.61. The zero-order valence-electron chi connectivity index (χ0n) is 6.08. The molecule has 66 valence electrons. The average molecular weight is 254 g/mol. The number of hydrogen-bond acceptors (Lipinski definition) is 3. The van der Waals surface area contributed by atoms with Crippen molar-refractivity contribution in [3.63, 3.8) is 0 Å². The Labute approximate surface area is 77.7 Å². The first-order valence-electron chi connectivity index (χ1n) is 2.92. The summed E-state index contributed by atoms with van der Waals surface area (Å²) in [5, 5.41) is 0. The van der Waals surface area contributed by atoms with E-state index in [2.05, 4.69) is 20.9 Å². The number of aromatic nitrogens is 1. The van der Waals surface area contributed by atoms with Crippen LogP contribution in [0, 0.1) is 5.82 Å². The van der Waals surface area contributed by atoms with Crippen LogP contribution in [-0.4, -0.2) is 19.7 Å². The van der Waals surface area contributed by atoms with Crippen molar-refractivity contribution in [2.45, 2.75) is 4.90 Å². The third-order valence-corrected chi connectivity index (χ3v) is 2.86. The second kappa shape index (κ2) is 3.10. The highest BCUT2D eigenvalue weighted by Gasteiger charge is 2.10. The number of sulfone groups is 1. The van der Waals surface area contributed by atoms with Gasteiger partial charge in [-0.25, -0.2) is 17.8 Å². The number of halogens is 2. The van der Waals surface area contributed by atoms with E-state index in [9.17, 15) is 12.8 Å². The average Bonchev–Trinajstić information content (AvgIpc) is 1.92. The van der Waals surface area contributed by atoms with Gasteiger partial charge in [-0.3, -0.25) is 0 Å². The Kier molecular flexibility index (Phi) is 2.48. The van der Waals surface area contributed by atoms with Crippen LogP contribution in [0.5, 0.6) is 0 Å². The molecule has 1 heterocycles. The standard InChI is InChI=1S/C6H5BrFNO2S/c1-12(10,11)4-2-5(8)6(7)9-3-4/h2-3H,1H3. The Morgan fingerprint density at radius 3 is 2.58 bits per heavy atom. The first kappa shape index (κ1) is 9.60. The molecule has 0 aliphatic heterocycles. The summed E-state index contributed by atoms with van der Waals surface area (Å²) in [6.45, 7) is 0. The summed E-state index contributed by atoms with van der Waals surface area (Å²) in [6.07, 6.45) is 2.10. The van der Waals surface area contributed by atoms with Crippen molar-refractivity contribution in [2.75, 3.05) is 6.26 Å². The molecule has 1 aromatic rings. The SMILES string of the molecule is CS(=O)(=O)c1cnc(Br)c(F)c1. The molecule has 12 heavy (non-hydrogen) atoms. The Hall–Kier alpha value is -0.490. The zero-order chi connectivity index (χ0) is 9.35. The van der Waals surface area contributed by atoms with E-state index in [4.69, 9.17) is 0 Å². The van der Waals surface area contributed by atoms with Crippen molar-refractivity contribution in [3.05, 3.63) is 22.7 Å². The molecule has 0 aromatic carbocycles. The van der Waals surface area contributed by atoms with E-state index in [1.807, 2.05) is 0 Å². The lowest BCUT2D eigenvalue weighted by Crippen LogP contribution is -1.99. The maximum absolute atomic E-state index is 12.7. The minimum absolute atomic E-state index is 0.00917. The number of nitrogens with zero attached hydrogens (tertiary/aromatic N) is 1. The molecule has 0 fully saturated rings. The largest absolute Gasteiger partial charge is 0.245 e. The van der Waals surface area contributed by atoms with E-state index in [-0.39, 0.29) is 9.50 Å². The molecule has 0 saturated carbocycles. The van der Waals surface area contributed by atoms with Crippen molar-refractivity contribution in [1.29, 1.82) is 0 Å². The topological polar surface area (TPSA) is 47.0 Å². The van der Waals surface area contributed by atoms with Gasteiger partial charge in [0.05, 0.1) is 4.90 Å². The molecule has 0 aliphatic rings. The summed E-state index contributed by atoms with van der Waals surface area (Å²) in [4.78, 5) is 3.39. The fourth-order valence-electron chi connectivity index (χ4n) is 0.606. The third kappa shape index (κ3) is 2.01. The molecule has 0 unspecified atom stereocenters. The Balaban J connectivity index is 3.33. The van der Waals surface area contributed by atoms with Crippen LogP contribution in [0.1, 0.15) is 0 Å². The van der Waals surface area contributed by atoms with E-state index in [0.29, 0.717) is 0 Å². The summed E-state index contributed by atoms with van der Waals surface area (Å²) < 4.78 is 34.5. The Bertz CT molecular complexity index is 404. The quantitative estimate of drug-likeness (QED) is 0.711. The minimum atomic E-state index is -3.37. The van der Waals surface area contributed by atoms with Crippen LogP contribution in [0.2, 0.25) is 0 Å². The number of hydrogen-bond donors (Lipinski definition) is 0. The molecule has 0 atom stereocenters. The van der Waals surface area contributed by atoms with Crippen LogP contribution in [0.15, 0.2) is 21.8 Å². The second-order valence-corrected chi connectivity index (χ2v) is 4.98. The highest BCUT2D eigenvalue weighted by molar-refractivity contribution is 9.10. The summed E-state index contributed by atoms with van der Waals surface area (Å²) in [5.41, 5.74) is 0. The molecule has 0 bridgehead atoms. The third-order valence-electron chi connectivity index (χ3n) is 1.20. The van der Waals surface area contributed by atoms with Crippen LogP contribution in [0.25, 0.3) is 0 Å². The van der Waals surface area contributed by atoms with Crippen LogP contribution < -0.4 is 0 Å². The van der Waals surface area contributed by atoms with Gasteiger partial charge in [-0.1, -0.05) is 0 Å². The summed E-state index contributed by atoms with van der Waals surface area (Å²) >= 11 is 2.82. The van der Waals surface area contributed by atoms with Gasteiger partial charge >= 0.3 is 0 Å². The molecule has 1 aromatic heterocycles. The normalized spacial score (nSPS) is 11.6. The fourth-order valence-corrected chi connectivity index (χ4v) is 1.39. The van der Waals surface area contributed by atoms with Crippen molar-refractivity contribution < 1.29 is 12.8 Å². The molecule has 0 N–H and O–H groups in total. The lowest BCUT2D eigenvalue weighted by Gasteiger charge is -1.97. The lowest BCUT2D eigenvalue weighted by molar-refractivity contribution is 0.589. The molecule has 0 aliphatic carbocycles. The number of rotatable bonds is 1. The van der Waals surface area contributed by atoms with Gasteiger partial charge in [0.25, 0.3) is 0 Å². The second-order valence-electron chi connectivity index (χ2n) is 2.22. The predicted octanol–water partition coefficient (Wildman–Crippen LogP) is 1.39. The maximum Gasteiger partial charge on any atom is 0.177 e. The molecular weight excluding hydrogens is 249 g/mol. The summed E-state index contributed by atoms with van der Waals surface area (Å²) in [7, 11) is -3.37. The zero-order valence-corrected chi connectivity index (χ0v) is 8.49. The van der Waals surface area contributed by atoms with Crippen molar-refractivity contribution >= 4 is 25.8 Å². The van der Waals surface area contributed by atoms with E-state index < -0.39 is 15.7 Å². The minimum Gasteiger partial charge on any atom is -0.245 e. The van der Waals surface area contributed by atoms with Gasteiger partial charge in [0.15, 0.2) is 15.7 Å². The van der Waals surface area contributed by atoms with Gasteiger partial charge in [0.1, 0.15) is 4.60 Å². The van der Waals surface area contributed by atoms with E-state index in [0.717, 1.165) is 18.5 Å². The summed E-state index contributed by atoms with van der Waals surface area (Å²) in [6, 6.07) is 0.923. The van der Waals surface area contributed by atoms with Gasteiger partial charge < -0.3 is 0 Å². The highest BCUT2D eigenvalue weighted by Crippen LogP contribution is 2.15. The predicted molar refractivity (Wildman–Crippen MR) is 45.0 cm³/mol. The lowest BCUT2D eigenvalue weighted by atomic mass is 10.5. The Morgan fingerprint density at radius 2 is 2.17 bits per heavy atom. The van der Waals surface area contributed by atoms with Gasteiger partial charge in [-0.05, 0) is 22.0 Å². The molecule has 6 heteroatoms. The summed E-state index contributed by atoms with van der Waals surface area (Å²) in [5.74, 6) is -0.682. The monoisotopic (exact) mass is 253 g/mol. The molecule has 0 amide bonds. The van der Waals surface area contributed by atoms with Crippen LogP contribution in [0.4, 0.5) is 4.39 Å². The van der Waals surface area contributed by atoms with E-state index in [1.54, 1.807) is 0 Å². The Morgan fingerprint density at radius 1 is 1.58 bits per heavy atom. The van der Waals surface area contributed by atoms with Crippen molar-refractivity contribution in [1.82, 2.24) is 4.98 Å². The van der Waals surface area contributed by atoms with Gasteiger partial charge in [-0.15, -0.1) is 0 Å². The molecule has 1 rings (SSSR count). The fraction of sp³-hybridized carbons (Fsp3) is 0.167. The highest BCUT2D eigenvalue weighted by atomic mass is 79.9.